The van der Waals surface area contributed by atoms with E-state index in [1.165, 1.54) is 23.5 Å². The Morgan fingerprint density at radius 3 is 2.46 bits per heavy atom. The maximum atomic E-state index is 12.3. The van der Waals surface area contributed by atoms with Crippen molar-refractivity contribution < 1.29 is 19.4 Å². The first-order chi connectivity index (χ1) is 11.5. The smallest absolute Gasteiger partial charge is 0.341 e. The fourth-order valence-electron chi connectivity index (χ4n) is 2.48. The number of thiophene rings is 1. The molecule has 1 amide bonds. The van der Waals surface area contributed by atoms with Crippen molar-refractivity contribution in [3.63, 3.8) is 0 Å². The molecule has 0 unspecified atom stereocenters. The highest BCUT2D eigenvalue weighted by Crippen LogP contribution is 2.34. The Labute approximate surface area is 145 Å². The van der Waals surface area contributed by atoms with Gasteiger partial charge in [0.15, 0.2) is 0 Å². The maximum Gasteiger partial charge on any atom is 0.341 e. The summed E-state index contributed by atoms with van der Waals surface area (Å²) >= 11 is 1.39. The van der Waals surface area contributed by atoms with Crippen LogP contribution in [0.3, 0.4) is 0 Å². The molecule has 1 aromatic heterocycles. The molecular formula is C18H21NO4S. The number of amides is 1. The van der Waals surface area contributed by atoms with Crippen LogP contribution >= 0.6 is 11.3 Å². The fourth-order valence-corrected chi connectivity index (χ4v) is 3.63. The van der Waals surface area contributed by atoms with Crippen LogP contribution in [0.2, 0.25) is 0 Å². The monoisotopic (exact) mass is 347 g/mol. The van der Waals surface area contributed by atoms with Gasteiger partial charge in [-0.1, -0.05) is 19.1 Å². The lowest BCUT2D eigenvalue weighted by Crippen LogP contribution is -2.16. The van der Waals surface area contributed by atoms with Crippen molar-refractivity contribution in [1.29, 1.82) is 0 Å². The lowest BCUT2D eigenvalue weighted by Gasteiger charge is -2.08. The molecule has 0 radical (unpaired) electrons. The second kappa shape index (κ2) is 7.97. The predicted molar refractivity (Wildman–Crippen MR) is 94.8 cm³/mol. The largest absolute Gasteiger partial charge is 0.508 e. The third kappa shape index (κ3) is 4.14. The Kier molecular flexibility index (Phi) is 5.98. The Hall–Kier alpha value is -2.34. The average Bonchev–Trinajstić information content (AvgIpc) is 2.85. The molecule has 2 rings (SSSR count). The predicted octanol–water partition coefficient (Wildman–Crippen LogP) is 3.68. The standard InChI is InChI=1S/C18H21NO4S/c1-4-14-11(3)24-17(16(14)18(22)23-5-2)19-15(21)10-12-6-8-13(20)9-7-12/h6-9,20H,4-5,10H2,1-3H3,(H,19,21). The number of aryl methyl sites for hydroxylation is 1. The summed E-state index contributed by atoms with van der Waals surface area (Å²) < 4.78 is 5.13. The van der Waals surface area contributed by atoms with Gasteiger partial charge in [0.2, 0.25) is 5.91 Å². The minimum atomic E-state index is -0.404. The second-order valence-electron chi connectivity index (χ2n) is 5.31. The van der Waals surface area contributed by atoms with E-state index in [1.807, 2.05) is 13.8 Å². The van der Waals surface area contributed by atoms with E-state index in [9.17, 15) is 14.7 Å². The van der Waals surface area contributed by atoms with E-state index in [0.29, 0.717) is 17.0 Å². The normalized spacial score (nSPS) is 10.5. The molecule has 6 heteroatoms. The average molecular weight is 347 g/mol. The molecule has 0 fully saturated rings. The van der Waals surface area contributed by atoms with Crippen LogP contribution in [0.15, 0.2) is 24.3 Å². The number of phenolic OH excluding ortho intramolecular Hbond substituents is 1. The van der Waals surface area contributed by atoms with E-state index in [-0.39, 0.29) is 24.7 Å². The summed E-state index contributed by atoms with van der Waals surface area (Å²) in [5.41, 5.74) is 2.16. The highest BCUT2D eigenvalue weighted by Gasteiger charge is 2.23. The van der Waals surface area contributed by atoms with Crippen molar-refractivity contribution in [1.82, 2.24) is 0 Å². The second-order valence-corrected chi connectivity index (χ2v) is 6.53. The van der Waals surface area contributed by atoms with Gasteiger partial charge >= 0.3 is 5.97 Å². The van der Waals surface area contributed by atoms with E-state index in [4.69, 9.17) is 4.74 Å². The van der Waals surface area contributed by atoms with Gasteiger partial charge in [0.25, 0.3) is 0 Å². The SMILES string of the molecule is CCOC(=O)c1c(NC(=O)Cc2ccc(O)cc2)sc(C)c1CC. The number of anilines is 1. The summed E-state index contributed by atoms with van der Waals surface area (Å²) in [5, 5.41) is 12.6. The van der Waals surface area contributed by atoms with Crippen LogP contribution in [0.1, 0.15) is 40.2 Å². The third-order valence-electron chi connectivity index (χ3n) is 3.60. The van der Waals surface area contributed by atoms with Crippen molar-refractivity contribution in [2.75, 3.05) is 11.9 Å². The van der Waals surface area contributed by atoms with E-state index >= 15 is 0 Å². The van der Waals surface area contributed by atoms with Crippen LogP contribution in [-0.4, -0.2) is 23.6 Å². The molecule has 0 spiro atoms. The van der Waals surface area contributed by atoms with Crippen molar-refractivity contribution in [2.24, 2.45) is 0 Å². The molecular weight excluding hydrogens is 326 g/mol. The molecule has 0 saturated carbocycles. The highest BCUT2D eigenvalue weighted by atomic mass is 32.1. The van der Waals surface area contributed by atoms with E-state index in [1.54, 1.807) is 19.1 Å². The first-order valence-electron chi connectivity index (χ1n) is 7.83. The first kappa shape index (κ1) is 18.0. The highest BCUT2D eigenvalue weighted by molar-refractivity contribution is 7.16. The molecule has 128 valence electrons. The number of carbonyl (C=O) groups is 2. The van der Waals surface area contributed by atoms with Gasteiger partial charge in [-0.3, -0.25) is 4.79 Å². The van der Waals surface area contributed by atoms with Crippen LogP contribution < -0.4 is 5.32 Å². The van der Waals surface area contributed by atoms with Gasteiger partial charge in [0, 0.05) is 4.88 Å². The lowest BCUT2D eigenvalue weighted by molar-refractivity contribution is -0.115. The van der Waals surface area contributed by atoms with E-state index < -0.39 is 5.97 Å². The zero-order valence-corrected chi connectivity index (χ0v) is 14.8. The topological polar surface area (TPSA) is 75.6 Å². The maximum absolute atomic E-state index is 12.3. The number of ether oxygens (including phenoxy) is 1. The van der Waals surface area contributed by atoms with Crippen LogP contribution in [0.4, 0.5) is 5.00 Å². The molecule has 5 nitrogen and oxygen atoms in total. The van der Waals surface area contributed by atoms with Gasteiger partial charge < -0.3 is 15.2 Å². The summed E-state index contributed by atoms with van der Waals surface area (Å²) in [6, 6.07) is 6.46. The quantitative estimate of drug-likeness (QED) is 0.782. The molecule has 2 N–H and O–H groups in total. The molecule has 0 aliphatic rings. The van der Waals surface area contributed by atoms with Crippen molar-refractivity contribution >= 4 is 28.2 Å². The summed E-state index contributed by atoms with van der Waals surface area (Å²) in [6.45, 7) is 5.95. The molecule has 0 saturated heterocycles. The van der Waals surface area contributed by atoms with Crippen LogP contribution in [-0.2, 0) is 22.4 Å². The molecule has 1 aromatic carbocycles. The zero-order valence-electron chi connectivity index (χ0n) is 14.0. The third-order valence-corrected chi connectivity index (χ3v) is 4.66. The summed E-state index contributed by atoms with van der Waals surface area (Å²) in [4.78, 5) is 25.5. The number of phenols is 1. The Bertz CT molecular complexity index is 734. The number of hydrogen-bond acceptors (Lipinski definition) is 5. The number of esters is 1. The number of hydrogen-bond donors (Lipinski definition) is 2. The number of nitrogens with one attached hydrogen (secondary N) is 1. The van der Waals surface area contributed by atoms with Gasteiger partial charge in [0.05, 0.1) is 18.6 Å². The van der Waals surface area contributed by atoms with Gasteiger partial charge in [0.1, 0.15) is 10.8 Å². The molecule has 24 heavy (non-hydrogen) atoms. The summed E-state index contributed by atoms with van der Waals surface area (Å²) in [5.74, 6) is -0.459. The van der Waals surface area contributed by atoms with Crippen LogP contribution in [0.25, 0.3) is 0 Å². The number of rotatable bonds is 6. The zero-order chi connectivity index (χ0) is 17.7. The van der Waals surface area contributed by atoms with Crippen molar-refractivity contribution in [3.8, 4) is 5.75 Å². The molecule has 0 atom stereocenters. The molecule has 1 heterocycles. The molecule has 0 bridgehead atoms. The summed E-state index contributed by atoms with van der Waals surface area (Å²) in [6.07, 6.45) is 0.866. The number of aromatic hydroxyl groups is 1. The van der Waals surface area contributed by atoms with E-state index in [2.05, 4.69) is 5.32 Å². The molecule has 0 aliphatic carbocycles. The van der Waals surface area contributed by atoms with Gasteiger partial charge in [-0.05, 0) is 43.5 Å². The number of benzene rings is 1. The Morgan fingerprint density at radius 1 is 1.21 bits per heavy atom. The first-order valence-corrected chi connectivity index (χ1v) is 8.65. The van der Waals surface area contributed by atoms with Gasteiger partial charge in [-0.15, -0.1) is 11.3 Å². The van der Waals surface area contributed by atoms with Crippen molar-refractivity contribution in [3.05, 3.63) is 45.8 Å². The molecule has 2 aromatic rings. The van der Waals surface area contributed by atoms with Gasteiger partial charge in [-0.25, -0.2) is 4.79 Å². The Morgan fingerprint density at radius 2 is 1.88 bits per heavy atom. The number of carbonyl (C=O) groups excluding carboxylic acids is 2. The van der Waals surface area contributed by atoms with E-state index in [0.717, 1.165) is 16.0 Å². The van der Waals surface area contributed by atoms with Crippen LogP contribution in [0, 0.1) is 6.92 Å². The Balaban J connectivity index is 2.20. The molecule has 0 aliphatic heterocycles. The summed E-state index contributed by atoms with van der Waals surface area (Å²) in [7, 11) is 0. The fraction of sp³-hybridized carbons (Fsp3) is 0.333. The van der Waals surface area contributed by atoms with Crippen molar-refractivity contribution in [2.45, 2.75) is 33.6 Å². The lowest BCUT2D eigenvalue weighted by atomic mass is 10.1. The minimum absolute atomic E-state index is 0.158. The van der Waals surface area contributed by atoms with Crippen LogP contribution in [0.5, 0.6) is 5.75 Å². The van der Waals surface area contributed by atoms with Gasteiger partial charge in [-0.2, -0.15) is 0 Å². The minimum Gasteiger partial charge on any atom is -0.508 e.